The third kappa shape index (κ3) is 4.56. The number of nitrogens with zero attached hydrogens (tertiary/aromatic N) is 2. The van der Waals surface area contributed by atoms with Crippen molar-refractivity contribution < 1.29 is 4.74 Å². The summed E-state index contributed by atoms with van der Waals surface area (Å²) in [5, 5.41) is 3.17. The summed E-state index contributed by atoms with van der Waals surface area (Å²) in [5.74, 6) is 1.90. The van der Waals surface area contributed by atoms with Crippen LogP contribution in [0.3, 0.4) is 0 Å². The first kappa shape index (κ1) is 18.2. The summed E-state index contributed by atoms with van der Waals surface area (Å²) in [6.45, 7) is 4.19. The second-order valence-electron chi connectivity index (χ2n) is 7.04. The lowest BCUT2D eigenvalue weighted by Crippen LogP contribution is -2.23. The molecule has 0 spiro atoms. The van der Waals surface area contributed by atoms with Crippen LogP contribution in [-0.2, 0) is 13.2 Å². The van der Waals surface area contributed by atoms with Crippen LogP contribution >= 0.6 is 11.3 Å². The largest absolute Gasteiger partial charge is 0.486 e. The van der Waals surface area contributed by atoms with Gasteiger partial charge in [0.25, 0.3) is 0 Å². The molecule has 140 valence electrons. The first-order valence-electron chi connectivity index (χ1n) is 9.40. The third-order valence-corrected chi connectivity index (χ3v) is 6.01. The van der Waals surface area contributed by atoms with Crippen LogP contribution in [0.25, 0.3) is 0 Å². The summed E-state index contributed by atoms with van der Waals surface area (Å²) in [6.07, 6.45) is 0. The lowest BCUT2D eigenvalue weighted by Gasteiger charge is -2.16. The Bertz CT molecular complexity index is 837. The highest BCUT2D eigenvalue weighted by Gasteiger charge is 2.32. The van der Waals surface area contributed by atoms with Crippen molar-refractivity contribution in [3.05, 3.63) is 82.3 Å². The van der Waals surface area contributed by atoms with E-state index in [-0.39, 0.29) is 0 Å². The standard InChI is InChI=1S/C22H25N3OS/c23-11-18-12-25(14-21(18)17-7-3-1-4-8-17)13-19-16-27-22(24-19)15-26-20-9-5-2-6-10-20/h1-10,16,18,21H,11-15,23H2/t18-,21+/m1/s1. The maximum absolute atomic E-state index is 6.06. The van der Waals surface area contributed by atoms with Crippen molar-refractivity contribution >= 4 is 11.3 Å². The van der Waals surface area contributed by atoms with E-state index in [1.807, 2.05) is 30.3 Å². The quantitative estimate of drug-likeness (QED) is 0.676. The molecule has 1 saturated heterocycles. The summed E-state index contributed by atoms with van der Waals surface area (Å²) in [7, 11) is 0. The minimum Gasteiger partial charge on any atom is -0.486 e. The number of ether oxygens (including phenoxy) is 1. The monoisotopic (exact) mass is 379 g/mol. The lowest BCUT2D eigenvalue weighted by molar-refractivity contribution is 0.300. The van der Waals surface area contributed by atoms with Crippen LogP contribution in [0.5, 0.6) is 5.75 Å². The Kier molecular flexibility index (Phi) is 5.82. The molecule has 0 amide bonds. The van der Waals surface area contributed by atoms with E-state index < -0.39 is 0 Å². The molecule has 27 heavy (non-hydrogen) atoms. The molecule has 0 radical (unpaired) electrons. The fourth-order valence-corrected chi connectivity index (χ4v) is 4.48. The van der Waals surface area contributed by atoms with Gasteiger partial charge in [-0.25, -0.2) is 4.98 Å². The molecule has 1 fully saturated rings. The zero-order valence-electron chi connectivity index (χ0n) is 15.3. The molecule has 5 heteroatoms. The van der Waals surface area contributed by atoms with Gasteiger partial charge in [-0.05, 0) is 30.2 Å². The number of thiazole rings is 1. The minimum absolute atomic E-state index is 0.506. The van der Waals surface area contributed by atoms with E-state index in [2.05, 4.69) is 40.6 Å². The van der Waals surface area contributed by atoms with Gasteiger partial charge in [0.1, 0.15) is 17.4 Å². The number of aromatic nitrogens is 1. The summed E-state index contributed by atoms with van der Waals surface area (Å²) in [6, 6.07) is 20.6. The molecule has 2 aromatic carbocycles. The summed E-state index contributed by atoms with van der Waals surface area (Å²) in [4.78, 5) is 7.24. The Morgan fingerprint density at radius 1 is 1.04 bits per heavy atom. The highest BCUT2D eigenvalue weighted by atomic mass is 32.1. The first-order valence-corrected chi connectivity index (χ1v) is 10.3. The zero-order valence-corrected chi connectivity index (χ0v) is 16.1. The van der Waals surface area contributed by atoms with Gasteiger partial charge in [-0.3, -0.25) is 4.90 Å². The normalized spacial score (nSPS) is 20.0. The fraction of sp³-hybridized carbons (Fsp3) is 0.318. The van der Waals surface area contributed by atoms with Gasteiger partial charge in [0.05, 0.1) is 5.69 Å². The maximum atomic E-state index is 6.06. The first-order chi connectivity index (χ1) is 13.3. The number of nitrogens with two attached hydrogens (primary N) is 1. The van der Waals surface area contributed by atoms with Crippen molar-refractivity contribution in [1.82, 2.24) is 9.88 Å². The van der Waals surface area contributed by atoms with Crippen LogP contribution in [-0.4, -0.2) is 29.5 Å². The fourth-order valence-electron chi connectivity index (χ4n) is 3.79. The van der Waals surface area contributed by atoms with E-state index in [0.29, 0.717) is 18.4 Å². The third-order valence-electron chi connectivity index (χ3n) is 5.14. The number of benzene rings is 2. The van der Waals surface area contributed by atoms with E-state index in [1.165, 1.54) is 5.56 Å². The van der Waals surface area contributed by atoms with Gasteiger partial charge >= 0.3 is 0 Å². The second kappa shape index (κ2) is 8.65. The topological polar surface area (TPSA) is 51.4 Å². The highest BCUT2D eigenvalue weighted by Crippen LogP contribution is 2.32. The smallest absolute Gasteiger partial charge is 0.140 e. The van der Waals surface area contributed by atoms with Crippen LogP contribution in [0.2, 0.25) is 0 Å². The minimum atomic E-state index is 0.506. The average Bonchev–Trinajstić information content (AvgIpc) is 3.35. The van der Waals surface area contributed by atoms with Gasteiger partial charge < -0.3 is 10.5 Å². The SMILES string of the molecule is NC[C@@H]1CN(Cc2csc(COc3ccccc3)n2)C[C@H]1c1ccccc1. The van der Waals surface area contributed by atoms with Gasteiger partial charge in [0.15, 0.2) is 0 Å². The van der Waals surface area contributed by atoms with Gasteiger partial charge in [-0.2, -0.15) is 0 Å². The average molecular weight is 380 g/mol. The van der Waals surface area contributed by atoms with E-state index >= 15 is 0 Å². The Hall–Kier alpha value is -2.21. The molecule has 1 aromatic heterocycles. The Morgan fingerprint density at radius 2 is 1.78 bits per heavy atom. The highest BCUT2D eigenvalue weighted by molar-refractivity contribution is 7.09. The predicted molar refractivity (Wildman–Crippen MR) is 110 cm³/mol. The van der Waals surface area contributed by atoms with Crippen molar-refractivity contribution in [3.8, 4) is 5.75 Å². The van der Waals surface area contributed by atoms with Gasteiger partial charge in [-0.15, -0.1) is 11.3 Å². The van der Waals surface area contributed by atoms with Crippen LogP contribution < -0.4 is 10.5 Å². The molecule has 1 aliphatic heterocycles. The molecule has 0 bridgehead atoms. The van der Waals surface area contributed by atoms with Crippen LogP contribution in [0.1, 0.15) is 22.2 Å². The second-order valence-corrected chi connectivity index (χ2v) is 7.98. The molecule has 3 aromatic rings. The van der Waals surface area contributed by atoms with Crippen molar-refractivity contribution in [2.24, 2.45) is 11.7 Å². The van der Waals surface area contributed by atoms with E-state index in [0.717, 1.165) is 42.6 Å². The molecule has 2 N–H and O–H groups in total. The number of hydrogen-bond donors (Lipinski definition) is 1. The van der Waals surface area contributed by atoms with Gasteiger partial charge in [0.2, 0.25) is 0 Å². The molecule has 2 atom stereocenters. The van der Waals surface area contributed by atoms with Crippen molar-refractivity contribution in [3.63, 3.8) is 0 Å². The number of likely N-dealkylation sites (tertiary alicyclic amines) is 1. The molecule has 2 heterocycles. The Labute approximate surface area is 164 Å². The Morgan fingerprint density at radius 3 is 2.52 bits per heavy atom. The van der Waals surface area contributed by atoms with Crippen molar-refractivity contribution in [2.45, 2.75) is 19.1 Å². The van der Waals surface area contributed by atoms with E-state index in [9.17, 15) is 0 Å². The molecule has 0 unspecified atom stereocenters. The molecular formula is C22H25N3OS. The predicted octanol–water partition coefficient (Wildman–Crippen LogP) is 3.90. The van der Waals surface area contributed by atoms with Crippen molar-refractivity contribution in [2.75, 3.05) is 19.6 Å². The van der Waals surface area contributed by atoms with E-state index in [1.54, 1.807) is 11.3 Å². The summed E-state index contributed by atoms with van der Waals surface area (Å²) in [5.41, 5.74) is 8.57. The number of para-hydroxylation sites is 1. The number of hydrogen-bond acceptors (Lipinski definition) is 5. The van der Waals surface area contributed by atoms with E-state index in [4.69, 9.17) is 15.5 Å². The molecule has 4 rings (SSSR count). The summed E-state index contributed by atoms with van der Waals surface area (Å²) < 4.78 is 5.80. The van der Waals surface area contributed by atoms with Gasteiger partial charge in [-0.1, -0.05) is 48.5 Å². The van der Waals surface area contributed by atoms with Crippen molar-refractivity contribution in [1.29, 1.82) is 0 Å². The molecular weight excluding hydrogens is 354 g/mol. The Balaban J connectivity index is 1.35. The van der Waals surface area contributed by atoms with Crippen LogP contribution in [0.4, 0.5) is 0 Å². The molecule has 0 aliphatic carbocycles. The molecule has 4 nitrogen and oxygen atoms in total. The molecule has 0 saturated carbocycles. The number of rotatable bonds is 7. The maximum Gasteiger partial charge on any atom is 0.140 e. The van der Waals surface area contributed by atoms with Gasteiger partial charge in [0, 0.05) is 30.9 Å². The molecule has 1 aliphatic rings. The lowest BCUT2D eigenvalue weighted by atomic mass is 9.89. The zero-order chi connectivity index (χ0) is 18.5. The summed E-state index contributed by atoms with van der Waals surface area (Å²) >= 11 is 1.67. The van der Waals surface area contributed by atoms with Crippen LogP contribution in [0.15, 0.2) is 66.0 Å². The van der Waals surface area contributed by atoms with Crippen LogP contribution in [0, 0.1) is 5.92 Å².